The Morgan fingerprint density at radius 3 is 2.51 bits per heavy atom. The van der Waals surface area contributed by atoms with Crippen molar-refractivity contribution in [2.45, 2.75) is 58.5 Å². The van der Waals surface area contributed by atoms with Crippen molar-refractivity contribution < 1.29 is 4.79 Å². The molecular formula is C30H36N4O. The van der Waals surface area contributed by atoms with Crippen LogP contribution >= 0.6 is 0 Å². The molecule has 1 aromatic heterocycles. The van der Waals surface area contributed by atoms with Gasteiger partial charge in [-0.25, -0.2) is 0 Å². The summed E-state index contributed by atoms with van der Waals surface area (Å²) < 4.78 is 0. The fourth-order valence-corrected chi connectivity index (χ4v) is 5.30. The number of anilines is 2. The molecule has 3 aromatic rings. The summed E-state index contributed by atoms with van der Waals surface area (Å²) >= 11 is 0. The smallest absolute Gasteiger partial charge is 0.238 e. The number of amides is 1. The minimum absolute atomic E-state index is 0.0220. The van der Waals surface area contributed by atoms with Crippen molar-refractivity contribution in [3.63, 3.8) is 0 Å². The van der Waals surface area contributed by atoms with Gasteiger partial charge in [0.05, 0.1) is 6.54 Å². The number of carbonyl (C=O) groups is 1. The first-order chi connectivity index (χ1) is 16.8. The van der Waals surface area contributed by atoms with Gasteiger partial charge in [-0.2, -0.15) is 0 Å². The Balaban J connectivity index is 1.31. The molecular weight excluding hydrogens is 432 g/mol. The van der Waals surface area contributed by atoms with Crippen molar-refractivity contribution in [2.24, 2.45) is 0 Å². The fraction of sp³-hybridized carbons (Fsp3) is 0.400. The van der Waals surface area contributed by atoms with Crippen LogP contribution in [0.25, 0.3) is 11.1 Å². The summed E-state index contributed by atoms with van der Waals surface area (Å²) in [6.45, 7) is 12.1. The number of nitrogens with one attached hydrogen (secondary N) is 1. The minimum Gasteiger partial charge on any atom is -0.371 e. The number of rotatable bonds is 3. The predicted octanol–water partition coefficient (Wildman–Crippen LogP) is 5.78. The van der Waals surface area contributed by atoms with E-state index in [9.17, 15) is 4.79 Å². The molecule has 1 saturated heterocycles. The summed E-state index contributed by atoms with van der Waals surface area (Å²) in [5.41, 5.74) is 8.36. The predicted molar refractivity (Wildman–Crippen MR) is 144 cm³/mol. The lowest BCUT2D eigenvalue weighted by Crippen LogP contribution is -2.46. The molecule has 1 N–H and O–H groups in total. The van der Waals surface area contributed by atoms with E-state index >= 15 is 0 Å². The van der Waals surface area contributed by atoms with E-state index in [1.807, 2.05) is 18.3 Å². The number of aromatic nitrogens is 1. The Morgan fingerprint density at radius 2 is 1.74 bits per heavy atom. The van der Waals surface area contributed by atoms with E-state index in [2.05, 4.69) is 90.3 Å². The van der Waals surface area contributed by atoms with Crippen molar-refractivity contribution in [3.05, 3.63) is 77.6 Å². The van der Waals surface area contributed by atoms with E-state index in [1.54, 1.807) is 0 Å². The van der Waals surface area contributed by atoms with Gasteiger partial charge in [0, 0.05) is 54.4 Å². The van der Waals surface area contributed by atoms with E-state index in [-0.39, 0.29) is 11.3 Å². The number of nitrogens with zero attached hydrogens (tertiary/aromatic N) is 3. The van der Waals surface area contributed by atoms with Gasteiger partial charge in [0.2, 0.25) is 5.91 Å². The normalized spacial score (nSPS) is 17.6. The quantitative estimate of drug-likeness (QED) is 0.530. The third-order valence-electron chi connectivity index (χ3n) is 7.42. The molecule has 0 unspecified atom stereocenters. The van der Waals surface area contributed by atoms with Crippen molar-refractivity contribution >= 4 is 17.3 Å². The number of piperidine rings is 1. The summed E-state index contributed by atoms with van der Waals surface area (Å²) in [6.07, 6.45) is 4.05. The Morgan fingerprint density at radius 1 is 0.971 bits per heavy atom. The highest BCUT2D eigenvalue weighted by atomic mass is 16.2. The fourth-order valence-electron chi connectivity index (χ4n) is 5.30. The number of para-hydroxylation sites is 1. The highest BCUT2D eigenvalue weighted by Gasteiger charge is 2.29. The largest absolute Gasteiger partial charge is 0.371 e. The van der Waals surface area contributed by atoms with Crippen LogP contribution in [-0.2, 0) is 16.8 Å². The molecule has 0 saturated carbocycles. The average Bonchev–Trinajstić information content (AvgIpc) is 3.02. The van der Waals surface area contributed by atoms with Gasteiger partial charge in [0.25, 0.3) is 0 Å². The lowest BCUT2D eigenvalue weighted by molar-refractivity contribution is -0.117. The van der Waals surface area contributed by atoms with Crippen molar-refractivity contribution in [1.29, 1.82) is 0 Å². The van der Waals surface area contributed by atoms with Crippen LogP contribution in [0.3, 0.4) is 0 Å². The summed E-state index contributed by atoms with van der Waals surface area (Å²) in [5, 5.41) is 3.07. The SMILES string of the molecule is Cc1ccc(N2CCC(N3CC(=O)Nc4ccccc4C3)CC2)cc1-c1ccnc(C(C)(C)C)c1. The molecule has 2 aliphatic heterocycles. The highest BCUT2D eigenvalue weighted by Crippen LogP contribution is 2.33. The molecule has 2 aliphatic rings. The van der Waals surface area contributed by atoms with Crippen LogP contribution in [0.4, 0.5) is 11.4 Å². The van der Waals surface area contributed by atoms with Gasteiger partial charge in [-0.05, 0) is 72.4 Å². The van der Waals surface area contributed by atoms with E-state index in [0.717, 1.165) is 43.9 Å². The van der Waals surface area contributed by atoms with Gasteiger partial charge in [0.15, 0.2) is 0 Å². The van der Waals surface area contributed by atoms with E-state index in [4.69, 9.17) is 0 Å². The molecule has 1 fully saturated rings. The molecule has 0 bridgehead atoms. The van der Waals surface area contributed by atoms with Crippen molar-refractivity contribution in [1.82, 2.24) is 9.88 Å². The molecule has 0 spiro atoms. The van der Waals surface area contributed by atoms with Gasteiger partial charge in [-0.3, -0.25) is 14.7 Å². The molecule has 2 aromatic carbocycles. The molecule has 35 heavy (non-hydrogen) atoms. The molecule has 5 heteroatoms. The lowest BCUT2D eigenvalue weighted by Gasteiger charge is -2.39. The van der Waals surface area contributed by atoms with E-state index in [1.165, 1.54) is 27.9 Å². The zero-order chi connectivity index (χ0) is 24.6. The monoisotopic (exact) mass is 468 g/mol. The molecule has 0 radical (unpaired) electrons. The average molecular weight is 469 g/mol. The number of aryl methyl sites for hydroxylation is 1. The second-order valence-electron chi connectivity index (χ2n) is 11.0. The maximum absolute atomic E-state index is 12.5. The van der Waals surface area contributed by atoms with Crippen LogP contribution in [0.1, 0.15) is 50.4 Å². The summed E-state index contributed by atoms with van der Waals surface area (Å²) in [5.74, 6) is 0.0903. The van der Waals surface area contributed by atoms with Gasteiger partial charge >= 0.3 is 0 Å². The third kappa shape index (κ3) is 5.10. The van der Waals surface area contributed by atoms with Gasteiger partial charge < -0.3 is 10.2 Å². The Labute approximate surface area is 209 Å². The maximum Gasteiger partial charge on any atom is 0.238 e. The Bertz CT molecular complexity index is 1220. The number of fused-ring (bicyclic) bond motifs is 1. The molecule has 5 nitrogen and oxygen atoms in total. The van der Waals surface area contributed by atoms with E-state index < -0.39 is 0 Å². The first-order valence-corrected chi connectivity index (χ1v) is 12.7. The van der Waals surface area contributed by atoms with Crippen molar-refractivity contribution in [3.8, 4) is 11.1 Å². The van der Waals surface area contributed by atoms with Crippen molar-refractivity contribution in [2.75, 3.05) is 29.9 Å². The third-order valence-corrected chi connectivity index (χ3v) is 7.42. The first kappa shape index (κ1) is 23.6. The minimum atomic E-state index is 0.0220. The number of carbonyl (C=O) groups excluding carboxylic acids is 1. The number of hydrogen-bond donors (Lipinski definition) is 1. The summed E-state index contributed by atoms with van der Waals surface area (Å²) in [7, 11) is 0. The summed E-state index contributed by atoms with van der Waals surface area (Å²) in [4.78, 5) is 22.0. The Hall–Kier alpha value is -3.18. The van der Waals surface area contributed by atoms with Crippen LogP contribution in [0, 0.1) is 6.92 Å². The number of hydrogen-bond acceptors (Lipinski definition) is 4. The second kappa shape index (κ2) is 9.46. The Kier molecular flexibility index (Phi) is 6.37. The van der Waals surface area contributed by atoms with Crippen LogP contribution < -0.4 is 10.2 Å². The molecule has 0 aliphatic carbocycles. The van der Waals surface area contributed by atoms with Gasteiger partial charge in [-0.1, -0.05) is 45.0 Å². The lowest BCUT2D eigenvalue weighted by atomic mass is 9.89. The number of pyridine rings is 1. The zero-order valence-corrected chi connectivity index (χ0v) is 21.3. The standard InChI is InChI=1S/C30H36N4O/c1-21-9-10-25(18-26(21)22-11-14-31-28(17-22)30(2,3)4)33-15-12-24(13-16-33)34-19-23-7-5-6-8-27(23)32-29(35)20-34/h5-11,14,17-18,24H,12-13,15-16,19-20H2,1-4H3,(H,32,35). The maximum atomic E-state index is 12.5. The van der Waals surface area contributed by atoms with Gasteiger partial charge in [0.1, 0.15) is 0 Å². The van der Waals surface area contributed by atoms with E-state index in [0.29, 0.717) is 12.6 Å². The second-order valence-corrected chi connectivity index (χ2v) is 11.0. The van der Waals surface area contributed by atoms with Crippen LogP contribution in [0.15, 0.2) is 60.8 Å². The van der Waals surface area contributed by atoms with Gasteiger partial charge in [-0.15, -0.1) is 0 Å². The highest BCUT2D eigenvalue weighted by molar-refractivity contribution is 5.93. The number of benzene rings is 2. The topological polar surface area (TPSA) is 48.5 Å². The molecule has 182 valence electrons. The molecule has 5 rings (SSSR count). The van der Waals surface area contributed by atoms with Crippen LogP contribution in [0.2, 0.25) is 0 Å². The van der Waals surface area contributed by atoms with Crippen LogP contribution in [0.5, 0.6) is 0 Å². The molecule has 0 atom stereocenters. The zero-order valence-electron chi connectivity index (χ0n) is 21.3. The first-order valence-electron chi connectivity index (χ1n) is 12.7. The summed E-state index contributed by atoms with van der Waals surface area (Å²) in [6, 6.07) is 19.8. The van der Waals surface area contributed by atoms with Crippen LogP contribution in [-0.4, -0.2) is 41.5 Å². The molecule has 3 heterocycles. The molecule has 1 amide bonds.